The van der Waals surface area contributed by atoms with Gasteiger partial charge in [-0.3, -0.25) is 0 Å². The van der Waals surface area contributed by atoms with E-state index in [1.165, 1.54) is 0 Å². The first kappa shape index (κ1) is 9.83. The molecule has 0 saturated carbocycles. The molecule has 7 heavy (non-hydrogen) atoms. The van der Waals surface area contributed by atoms with E-state index in [1.54, 1.807) is 0 Å². The summed E-state index contributed by atoms with van der Waals surface area (Å²) in [7, 11) is 16.4. The molecule has 0 rings (SSSR count). The van der Waals surface area contributed by atoms with Gasteiger partial charge in [0.05, 0.1) is 0 Å². The van der Waals surface area contributed by atoms with Gasteiger partial charge in [-0.2, -0.15) is 0 Å². The van der Waals surface area contributed by atoms with Crippen molar-refractivity contribution in [3.05, 3.63) is 0 Å². The van der Waals surface area contributed by atoms with Crippen LogP contribution in [0.2, 0.25) is 0 Å². The normalized spacial score (nSPS) is 23.1. The van der Waals surface area contributed by atoms with E-state index in [0.717, 1.165) is 0 Å². The maximum absolute atomic E-state index is 5.47. The third-order valence-corrected chi connectivity index (χ3v) is 0. The van der Waals surface area contributed by atoms with Gasteiger partial charge in [0.2, 0.25) is 0 Å². The van der Waals surface area contributed by atoms with Gasteiger partial charge in [-0.15, -0.1) is 0 Å². The summed E-state index contributed by atoms with van der Waals surface area (Å²) >= 11 is 8.58. The molecule has 0 heterocycles. The standard InChI is InChI=1S/3BrH.3ClH.Fe/h6*1H;/q;;;;;;+6/p-6. The van der Waals surface area contributed by atoms with E-state index in [2.05, 4.69) is 42.3 Å². The zero-order valence-electron chi connectivity index (χ0n) is 2.62. The molecule has 0 aliphatic rings. The van der Waals surface area contributed by atoms with Gasteiger partial charge in [0.25, 0.3) is 0 Å². The number of rotatable bonds is 0. The first-order valence-electron chi connectivity index (χ1n) is 0.802. The molecule has 7 heteroatoms. The Morgan fingerprint density at radius 3 is 0.857 bits per heavy atom. The van der Waals surface area contributed by atoms with E-state index in [0.29, 0.717) is 0 Å². The predicted octanol–water partition coefficient (Wildman–Crippen LogP) is 4.60. The van der Waals surface area contributed by atoms with Crippen LogP contribution in [-0.2, 0) is 2.57 Å². The van der Waals surface area contributed by atoms with Gasteiger partial charge in [-0.1, -0.05) is 0 Å². The van der Waals surface area contributed by atoms with Crippen molar-refractivity contribution in [2.45, 2.75) is 0 Å². The first-order chi connectivity index (χ1) is 2.45. The van der Waals surface area contributed by atoms with Crippen LogP contribution < -0.4 is 0 Å². The zero-order valence-corrected chi connectivity index (χ0v) is 10.8. The summed E-state index contributed by atoms with van der Waals surface area (Å²) in [6.07, 6.45) is 0. The Morgan fingerprint density at radius 2 is 0.857 bits per heavy atom. The quantitative estimate of drug-likeness (QED) is 0.520. The molecule has 0 atom stereocenters. The number of hydrogen-bond donors (Lipinski definition) is 0. The minimum atomic E-state index is -3.90. The van der Waals surface area contributed by atoms with Gasteiger partial charge >= 0.3 is 75.2 Å². The average molecular weight is 402 g/mol. The molecule has 0 aromatic carbocycles. The SMILES string of the molecule is [Cl][Fe]([Cl])([Cl])([Br])([Br])[Br]. The van der Waals surface area contributed by atoms with Gasteiger partial charge in [-0.05, 0) is 0 Å². The monoisotopic (exact) mass is 398 g/mol. The van der Waals surface area contributed by atoms with Crippen molar-refractivity contribution in [3.63, 3.8) is 0 Å². The van der Waals surface area contributed by atoms with Gasteiger partial charge in [0.15, 0.2) is 0 Å². The fourth-order valence-electron chi connectivity index (χ4n) is 0. The van der Waals surface area contributed by atoms with E-state index in [4.69, 9.17) is 30.3 Å². The van der Waals surface area contributed by atoms with Crippen molar-refractivity contribution in [2.24, 2.45) is 0 Å². The molecule has 0 aromatic rings. The molecular weight excluding hydrogens is 402 g/mol. The van der Waals surface area contributed by atoms with Crippen LogP contribution in [0.4, 0.5) is 0 Å². The average Bonchev–Trinajstić information content (AvgIpc) is 0.592. The van der Waals surface area contributed by atoms with Crippen molar-refractivity contribution < 1.29 is 2.57 Å². The fraction of sp³-hybridized carbons (Fsp3) is 0. The molecule has 0 saturated heterocycles. The fourth-order valence-corrected chi connectivity index (χ4v) is 0. The molecule has 0 amide bonds. The van der Waals surface area contributed by atoms with Crippen molar-refractivity contribution in [1.29, 1.82) is 0 Å². The van der Waals surface area contributed by atoms with Crippen LogP contribution in [0.1, 0.15) is 0 Å². The van der Waals surface area contributed by atoms with Crippen molar-refractivity contribution in [1.82, 2.24) is 0 Å². The molecule has 0 nitrogen and oxygen atoms in total. The van der Waals surface area contributed by atoms with Crippen molar-refractivity contribution in [2.75, 3.05) is 0 Å². The summed E-state index contributed by atoms with van der Waals surface area (Å²) in [6, 6.07) is 0. The molecule has 50 valence electrons. The van der Waals surface area contributed by atoms with E-state index >= 15 is 0 Å². The van der Waals surface area contributed by atoms with Gasteiger partial charge in [0.1, 0.15) is 0 Å². The molecule has 0 radical (unpaired) electrons. The van der Waals surface area contributed by atoms with E-state index in [9.17, 15) is 0 Å². The maximum atomic E-state index is 5.47. The summed E-state index contributed by atoms with van der Waals surface area (Å²) in [5, 5.41) is 0. The Morgan fingerprint density at radius 1 is 0.857 bits per heavy atom. The molecule has 0 bridgehead atoms. The second-order valence-corrected chi connectivity index (χ2v) is 51.7. The predicted molar refractivity (Wildman–Crippen MR) is 44.3 cm³/mol. The van der Waals surface area contributed by atoms with Gasteiger partial charge in [-0.25, -0.2) is 0 Å². The molecule has 0 unspecified atom stereocenters. The topological polar surface area (TPSA) is 0 Å². The zero-order chi connectivity index (χ0) is 6.41. The molecule has 0 aliphatic heterocycles. The van der Waals surface area contributed by atoms with E-state index in [1.807, 2.05) is 0 Å². The Kier molecular flexibility index (Phi) is 2.39. The Balaban J connectivity index is 4.43. The van der Waals surface area contributed by atoms with Crippen LogP contribution >= 0.6 is 72.6 Å². The van der Waals surface area contributed by atoms with Crippen LogP contribution in [0.25, 0.3) is 0 Å². The number of hydrogen-bond acceptors (Lipinski definition) is 0. The van der Waals surface area contributed by atoms with E-state index in [-0.39, 0.29) is 0 Å². The summed E-state index contributed by atoms with van der Waals surface area (Å²) < 4.78 is -3.90. The summed E-state index contributed by atoms with van der Waals surface area (Å²) in [6.45, 7) is 0. The third kappa shape index (κ3) is 51.4. The van der Waals surface area contributed by atoms with Crippen molar-refractivity contribution >= 4 is 72.6 Å². The third-order valence-electron chi connectivity index (χ3n) is 0. The second-order valence-electron chi connectivity index (χ2n) is 0.758. The van der Waals surface area contributed by atoms with E-state index < -0.39 is 2.57 Å². The Bertz CT molecular complexity index is 68.7. The van der Waals surface area contributed by atoms with Gasteiger partial charge < -0.3 is 0 Å². The van der Waals surface area contributed by atoms with Crippen LogP contribution in [0.15, 0.2) is 0 Å². The molecule has 0 spiro atoms. The first-order valence-corrected chi connectivity index (χ1v) is 13.5. The van der Waals surface area contributed by atoms with Crippen LogP contribution in [-0.4, -0.2) is 0 Å². The Labute approximate surface area is 73.9 Å². The van der Waals surface area contributed by atoms with Crippen molar-refractivity contribution in [3.8, 4) is 0 Å². The number of halogens is 6. The van der Waals surface area contributed by atoms with Crippen LogP contribution in [0.3, 0.4) is 0 Å². The molecule has 0 fully saturated rings. The summed E-state index contributed by atoms with van der Waals surface area (Å²) in [4.78, 5) is 0. The molecular formula is Br3Cl3Fe. The van der Waals surface area contributed by atoms with Crippen LogP contribution in [0.5, 0.6) is 0 Å². The second kappa shape index (κ2) is 1.70. The Hall–Kier alpha value is 2.83. The molecule has 0 N–H and O–H groups in total. The van der Waals surface area contributed by atoms with Gasteiger partial charge in [0, 0.05) is 0 Å². The van der Waals surface area contributed by atoms with Crippen LogP contribution in [0, 0.1) is 0 Å². The summed E-state index contributed by atoms with van der Waals surface area (Å²) in [5.74, 6) is 0. The molecule has 0 aliphatic carbocycles. The summed E-state index contributed by atoms with van der Waals surface area (Å²) in [5.41, 5.74) is 0. The molecule has 0 aromatic heterocycles. The minimum absolute atomic E-state index is 2.86.